The molecule has 7 heteroatoms. The topological polar surface area (TPSA) is 89.5 Å². The molecule has 0 aromatic heterocycles. The van der Waals surface area contributed by atoms with Gasteiger partial charge in [0.15, 0.2) is 0 Å². The molecule has 0 fully saturated rings. The van der Waals surface area contributed by atoms with Gasteiger partial charge in [0.05, 0.1) is 9.85 Å². The molecule has 7 nitrogen and oxygen atoms in total. The number of unbranched alkanes of at least 4 members (excludes halogenated alkanes) is 6. The van der Waals surface area contributed by atoms with E-state index in [1.807, 2.05) is 18.2 Å². The quantitative estimate of drug-likeness (QED) is 0.120. The Labute approximate surface area is 196 Å². The molecule has 2 aromatic rings. The van der Waals surface area contributed by atoms with E-state index in [-0.39, 0.29) is 0 Å². The molecule has 0 aliphatic heterocycles. The summed E-state index contributed by atoms with van der Waals surface area (Å²) in [6, 6.07) is 12.3. The van der Waals surface area contributed by atoms with Crippen LogP contribution >= 0.6 is 0 Å². The lowest BCUT2D eigenvalue weighted by Gasteiger charge is -2.25. The fourth-order valence-electron chi connectivity index (χ4n) is 3.76. The smallest absolute Gasteiger partial charge is 0.346 e. The number of hydrogen-bond acceptors (Lipinski definition) is 5. The molecule has 2 aromatic carbocycles. The minimum absolute atomic E-state index is 0.500. The van der Waals surface area contributed by atoms with Gasteiger partial charge in [-0.2, -0.15) is 0 Å². The Kier molecular flexibility index (Phi) is 11.1. The van der Waals surface area contributed by atoms with Crippen LogP contribution in [0, 0.1) is 20.2 Å². The lowest BCUT2D eigenvalue weighted by Crippen LogP contribution is -2.25. The van der Waals surface area contributed by atoms with Crippen molar-refractivity contribution in [2.45, 2.75) is 65.2 Å². The fourth-order valence-corrected chi connectivity index (χ4v) is 3.76. The molecule has 33 heavy (non-hydrogen) atoms. The van der Waals surface area contributed by atoms with E-state index < -0.39 is 21.2 Å². The molecule has 0 aliphatic rings. The Balaban J connectivity index is 2.09. The molecule has 0 saturated carbocycles. The van der Waals surface area contributed by atoms with Gasteiger partial charge in [-0.25, -0.2) is 0 Å². The Morgan fingerprint density at radius 2 is 1.21 bits per heavy atom. The summed E-state index contributed by atoms with van der Waals surface area (Å²) < 4.78 is 0. The number of anilines is 1. The van der Waals surface area contributed by atoms with Gasteiger partial charge in [0, 0.05) is 30.9 Å². The molecular weight excluding hydrogens is 418 g/mol. The molecule has 0 heterocycles. The summed E-state index contributed by atoms with van der Waals surface area (Å²) in [6.45, 7) is 6.58. The molecule has 2 rings (SSSR count). The maximum atomic E-state index is 11.1. The highest BCUT2D eigenvalue weighted by Crippen LogP contribution is 2.28. The van der Waals surface area contributed by atoms with Crippen molar-refractivity contribution in [3.63, 3.8) is 0 Å². The van der Waals surface area contributed by atoms with Crippen molar-refractivity contribution in [1.29, 1.82) is 0 Å². The van der Waals surface area contributed by atoms with Crippen LogP contribution in [-0.2, 0) is 0 Å². The van der Waals surface area contributed by atoms with Crippen LogP contribution in [0.3, 0.4) is 0 Å². The molecule has 0 aliphatic carbocycles. The van der Waals surface area contributed by atoms with Gasteiger partial charge in [-0.05, 0) is 42.2 Å². The Morgan fingerprint density at radius 1 is 0.697 bits per heavy atom. The molecule has 178 valence electrons. The largest absolute Gasteiger partial charge is 0.372 e. The minimum atomic E-state index is -0.736. The van der Waals surface area contributed by atoms with E-state index >= 15 is 0 Å². The van der Waals surface area contributed by atoms with Crippen molar-refractivity contribution < 1.29 is 9.85 Å². The number of hydrogen-bond donors (Lipinski definition) is 0. The van der Waals surface area contributed by atoms with E-state index in [9.17, 15) is 20.2 Å². The maximum Gasteiger partial charge on any atom is 0.346 e. The van der Waals surface area contributed by atoms with Gasteiger partial charge >= 0.3 is 11.4 Å². The van der Waals surface area contributed by atoms with Crippen LogP contribution in [-0.4, -0.2) is 22.9 Å². The molecule has 0 radical (unpaired) electrons. The van der Waals surface area contributed by atoms with E-state index in [4.69, 9.17) is 0 Å². The predicted octanol–water partition coefficient (Wildman–Crippen LogP) is 7.64. The van der Waals surface area contributed by atoms with Crippen LogP contribution in [0.5, 0.6) is 0 Å². The lowest BCUT2D eigenvalue weighted by molar-refractivity contribution is -0.422. The number of nitro benzene ring substituents is 2. The van der Waals surface area contributed by atoms with Crippen molar-refractivity contribution in [2.75, 3.05) is 18.0 Å². The van der Waals surface area contributed by atoms with Gasteiger partial charge in [0.2, 0.25) is 0 Å². The standard InChI is InChI=1S/C26H35N3O4/c1-3-5-7-9-19-27(20-10-8-6-4-2)24-16-13-22(14-17-24)11-12-23-15-18-25(28(30)31)26(21-23)29(32)33/h11-18,21H,3-10,19-20H2,1-2H3/b12-11+. The van der Waals surface area contributed by atoms with E-state index in [0.717, 1.165) is 18.7 Å². The van der Waals surface area contributed by atoms with Gasteiger partial charge < -0.3 is 4.90 Å². The third-order valence-electron chi connectivity index (χ3n) is 5.68. The second-order valence-corrected chi connectivity index (χ2v) is 8.30. The van der Waals surface area contributed by atoms with Crippen molar-refractivity contribution in [3.8, 4) is 0 Å². The van der Waals surface area contributed by atoms with Crippen LogP contribution in [0.1, 0.15) is 76.3 Å². The summed E-state index contributed by atoms with van der Waals surface area (Å²) in [7, 11) is 0. The SMILES string of the molecule is CCCCCCN(CCCCCC)c1ccc(/C=C/c2ccc([N+](=O)[O-])c([N+](=O)[O-])c2)cc1. The zero-order chi connectivity index (χ0) is 24.1. The summed E-state index contributed by atoms with van der Waals surface area (Å²) in [6.07, 6.45) is 13.5. The summed E-state index contributed by atoms with van der Waals surface area (Å²) in [5.41, 5.74) is 1.73. The highest BCUT2D eigenvalue weighted by atomic mass is 16.6. The van der Waals surface area contributed by atoms with Crippen molar-refractivity contribution in [3.05, 3.63) is 73.8 Å². The molecule has 0 unspecified atom stereocenters. The van der Waals surface area contributed by atoms with Crippen LogP contribution in [0.15, 0.2) is 42.5 Å². The first-order valence-electron chi connectivity index (χ1n) is 11.9. The first kappa shape index (κ1) is 26.0. The summed E-state index contributed by atoms with van der Waals surface area (Å²) in [5.74, 6) is 0. The maximum absolute atomic E-state index is 11.1. The molecule has 0 saturated heterocycles. The van der Waals surface area contributed by atoms with Gasteiger partial charge in [0.25, 0.3) is 0 Å². The zero-order valence-electron chi connectivity index (χ0n) is 19.7. The number of benzene rings is 2. The van der Waals surface area contributed by atoms with Gasteiger partial charge in [-0.1, -0.05) is 76.7 Å². The highest BCUT2D eigenvalue weighted by Gasteiger charge is 2.23. The Bertz CT molecular complexity index is 914. The number of nitro groups is 2. The zero-order valence-corrected chi connectivity index (χ0v) is 19.7. The molecule has 0 atom stereocenters. The van der Waals surface area contributed by atoms with Crippen LogP contribution in [0.2, 0.25) is 0 Å². The van der Waals surface area contributed by atoms with Crippen molar-refractivity contribution in [1.82, 2.24) is 0 Å². The Morgan fingerprint density at radius 3 is 1.73 bits per heavy atom. The normalized spacial score (nSPS) is 11.1. The molecule has 0 spiro atoms. The average molecular weight is 454 g/mol. The fraction of sp³-hybridized carbons (Fsp3) is 0.462. The third kappa shape index (κ3) is 8.67. The van der Waals surface area contributed by atoms with E-state index in [2.05, 4.69) is 30.9 Å². The van der Waals surface area contributed by atoms with Crippen LogP contribution in [0.25, 0.3) is 12.2 Å². The first-order valence-corrected chi connectivity index (χ1v) is 11.9. The van der Waals surface area contributed by atoms with E-state index in [0.29, 0.717) is 5.56 Å². The van der Waals surface area contributed by atoms with Crippen molar-refractivity contribution >= 4 is 29.2 Å². The second-order valence-electron chi connectivity index (χ2n) is 8.30. The molecule has 0 N–H and O–H groups in total. The summed E-state index contributed by atoms with van der Waals surface area (Å²) in [4.78, 5) is 23.1. The van der Waals surface area contributed by atoms with Crippen molar-refractivity contribution in [2.24, 2.45) is 0 Å². The number of nitrogens with zero attached hydrogens (tertiary/aromatic N) is 3. The predicted molar refractivity (Wildman–Crippen MR) is 136 cm³/mol. The third-order valence-corrected chi connectivity index (χ3v) is 5.68. The highest BCUT2D eigenvalue weighted by molar-refractivity contribution is 5.73. The summed E-state index contributed by atoms with van der Waals surface area (Å²) >= 11 is 0. The lowest BCUT2D eigenvalue weighted by atomic mass is 10.1. The minimum Gasteiger partial charge on any atom is -0.372 e. The molecule has 0 bridgehead atoms. The molecular formula is C26H35N3O4. The van der Waals surface area contributed by atoms with Gasteiger partial charge in [0.1, 0.15) is 0 Å². The molecule has 0 amide bonds. The van der Waals surface area contributed by atoms with Crippen LogP contribution in [0.4, 0.5) is 17.1 Å². The van der Waals surface area contributed by atoms with Gasteiger partial charge in [-0.3, -0.25) is 20.2 Å². The average Bonchev–Trinajstić information content (AvgIpc) is 2.82. The first-order chi connectivity index (χ1) is 16.0. The van der Waals surface area contributed by atoms with E-state index in [1.54, 1.807) is 6.08 Å². The number of rotatable bonds is 15. The van der Waals surface area contributed by atoms with E-state index in [1.165, 1.54) is 75.3 Å². The van der Waals surface area contributed by atoms with Gasteiger partial charge in [-0.15, -0.1) is 0 Å². The Hall–Kier alpha value is -3.22. The summed E-state index contributed by atoms with van der Waals surface area (Å²) in [5, 5.41) is 22.1. The second kappa shape index (κ2) is 14.0. The van der Waals surface area contributed by atoms with Crippen LogP contribution < -0.4 is 4.90 Å². The monoisotopic (exact) mass is 453 g/mol.